The number of hydrogen-bond donors (Lipinski definition) is 0. The zero-order valence-electron chi connectivity index (χ0n) is 11.9. The predicted molar refractivity (Wildman–Crippen MR) is 84.2 cm³/mol. The number of thiophene rings is 1. The average molecular weight is 344 g/mol. The molecule has 2 heterocycles. The zero-order valence-corrected chi connectivity index (χ0v) is 14.3. The van der Waals surface area contributed by atoms with Crippen molar-refractivity contribution in [3.8, 4) is 0 Å². The van der Waals surface area contributed by atoms with E-state index in [9.17, 15) is 4.79 Å². The minimum absolute atomic E-state index is 0.308. The summed E-state index contributed by atoms with van der Waals surface area (Å²) in [5.41, 5.74) is 0.308. The first kappa shape index (κ1) is 15.0. The Morgan fingerprint density at radius 3 is 2.74 bits per heavy atom. The summed E-state index contributed by atoms with van der Waals surface area (Å²) < 4.78 is 1.11. The first-order chi connectivity index (χ1) is 8.86. The highest BCUT2D eigenvalue weighted by atomic mass is 79.9. The normalized spacial score (nSPS) is 21.6. The molecule has 0 radical (unpaired) electrons. The van der Waals surface area contributed by atoms with Gasteiger partial charge in [0.1, 0.15) is 0 Å². The van der Waals surface area contributed by atoms with E-state index in [1.54, 1.807) is 11.3 Å². The van der Waals surface area contributed by atoms with Gasteiger partial charge in [0.25, 0.3) is 0 Å². The molecular formula is C15H22BrNOS. The van der Waals surface area contributed by atoms with Crippen molar-refractivity contribution in [2.75, 3.05) is 6.54 Å². The van der Waals surface area contributed by atoms with Gasteiger partial charge in [0, 0.05) is 27.7 Å². The van der Waals surface area contributed by atoms with E-state index >= 15 is 0 Å². The van der Waals surface area contributed by atoms with Gasteiger partial charge < -0.3 is 4.90 Å². The molecule has 0 saturated carbocycles. The number of rotatable bonds is 2. The molecular weight excluding hydrogens is 322 g/mol. The second kappa shape index (κ2) is 5.96. The molecule has 1 saturated heterocycles. The van der Waals surface area contributed by atoms with Crippen LogP contribution in [-0.2, 0) is 11.3 Å². The predicted octanol–water partition coefficient (Wildman–Crippen LogP) is 4.69. The summed E-state index contributed by atoms with van der Waals surface area (Å²) in [6.07, 6.45) is 2.86. The Bertz CT molecular complexity index is 449. The third kappa shape index (κ3) is 4.06. The summed E-state index contributed by atoms with van der Waals surface area (Å²) in [5, 5.41) is 2.08. The molecule has 1 atom stereocenters. The van der Waals surface area contributed by atoms with Gasteiger partial charge in [-0.25, -0.2) is 0 Å². The van der Waals surface area contributed by atoms with Crippen LogP contribution in [0.3, 0.4) is 0 Å². The van der Waals surface area contributed by atoms with Crippen LogP contribution in [0.25, 0.3) is 0 Å². The smallest absolute Gasteiger partial charge is 0.222 e. The Kier molecular flexibility index (Phi) is 4.72. The fraction of sp³-hybridized carbons (Fsp3) is 0.667. The van der Waals surface area contributed by atoms with Gasteiger partial charge in [-0.05, 0) is 46.2 Å². The number of likely N-dealkylation sites (tertiary alicyclic amines) is 1. The lowest BCUT2D eigenvalue weighted by atomic mass is 9.77. The van der Waals surface area contributed by atoms with Crippen LogP contribution in [0.2, 0.25) is 0 Å². The largest absolute Gasteiger partial charge is 0.338 e. The Morgan fingerprint density at radius 2 is 2.16 bits per heavy atom. The molecule has 0 aliphatic carbocycles. The average Bonchev–Trinajstić information content (AvgIpc) is 2.61. The Balaban J connectivity index is 2.00. The van der Waals surface area contributed by atoms with E-state index in [0.29, 0.717) is 23.7 Å². The van der Waals surface area contributed by atoms with Crippen LogP contribution >= 0.6 is 27.3 Å². The maximum atomic E-state index is 12.2. The summed E-state index contributed by atoms with van der Waals surface area (Å²) in [5.74, 6) is 0.966. The van der Waals surface area contributed by atoms with Gasteiger partial charge in [-0.3, -0.25) is 4.79 Å². The van der Waals surface area contributed by atoms with Crippen LogP contribution in [0, 0.1) is 11.3 Å². The van der Waals surface area contributed by atoms with Gasteiger partial charge in [0.15, 0.2) is 0 Å². The third-order valence-corrected chi connectivity index (χ3v) is 5.68. The molecule has 0 N–H and O–H groups in total. The lowest BCUT2D eigenvalue weighted by molar-refractivity contribution is -0.131. The molecule has 1 aromatic heterocycles. The monoisotopic (exact) mass is 343 g/mol. The maximum absolute atomic E-state index is 12.2. The van der Waals surface area contributed by atoms with Gasteiger partial charge in [-0.15, -0.1) is 11.3 Å². The van der Waals surface area contributed by atoms with Crippen molar-refractivity contribution < 1.29 is 4.79 Å². The van der Waals surface area contributed by atoms with Gasteiger partial charge in [0.05, 0.1) is 6.54 Å². The van der Waals surface area contributed by atoms with Gasteiger partial charge in [-0.2, -0.15) is 0 Å². The Morgan fingerprint density at radius 1 is 1.42 bits per heavy atom. The van der Waals surface area contributed by atoms with Crippen molar-refractivity contribution in [3.63, 3.8) is 0 Å². The quantitative estimate of drug-likeness (QED) is 0.762. The lowest BCUT2D eigenvalue weighted by Crippen LogP contribution is -2.29. The third-order valence-electron chi connectivity index (χ3n) is 4.00. The number of carbonyl (C=O) groups excluding carboxylic acids is 1. The van der Waals surface area contributed by atoms with E-state index in [1.165, 1.54) is 4.88 Å². The summed E-state index contributed by atoms with van der Waals surface area (Å²) >= 11 is 5.19. The van der Waals surface area contributed by atoms with E-state index in [4.69, 9.17) is 0 Å². The van der Waals surface area contributed by atoms with Gasteiger partial charge >= 0.3 is 0 Å². The van der Waals surface area contributed by atoms with Crippen LogP contribution in [0.15, 0.2) is 15.9 Å². The fourth-order valence-electron chi connectivity index (χ4n) is 2.69. The standard InChI is InChI=1S/C15H22BrNOS/c1-15(2,3)11-4-5-14(18)17(7-6-11)9-13-8-12(16)10-19-13/h8,10-11H,4-7,9H2,1-3H3. The van der Waals surface area contributed by atoms with Crippen LogP contribution < -0.4 is 0 Å². The summed E-state index contributed by atoms with van der Waals surface area (Å²) in [6, 6.07) is 2.12. The Labute approximate surface area is 128 Å². The van der Waals surface area contributed by atoms with Crippen LogP contribution in [-0.4, -0.2) is 17.4 Å². The van der Waals surface area contributed by atoms with Crippen molar-refractivity contribution in [3.05, 3.63) is 20.8 Å². The number of amides is 1. The first-order valence-corrected chi connectivity index (χ1v) is 8.54. The van der Waals surface area contributed by atoms with E-state index in [-0.39, 0.29) is 0 Å². The summed E-state index contributed by atoms with van der Waals surface area (Å²) in [7, 11) is 0. The topological polar surface area (TPSA) is 20.3 Å². The Hall–Kier alpha value is -0.350. The molecule has 19 heavy (non-hydrogen) atoms. The summed E-state index contributed by atoms with van der Waals surface area (Å²) in [4.78, 5) is 15.5. The molecule has 0 aromatic carbocycles. The molecule has 1 fully saturated rings. The molecule has 2 rings (SSSR count). The lowest BCUT2D eigenvalue weighted by Gasteiger charge is -2.29. The van der Waals surface area contributed by atoms with Crippen LogP contribution in [0.4, 0.5) is 0 Å². The van der Waals surface area contributed by atoms with Crippen molar-refractivity contribution >= 4 is 33.2 Å². The molecule has 4 heteroatoms. The molecule has 0 bridgehead atoms. The van der Waals surface area contributed by atoms with Crippen molar-refractivity contribution in [1.29, 1.82) is 0 Å². The number of halogens is 1. The first-order valence-electron chi connectivity index (χ1n) is 6.87. The molecule has 1 amide bonds. The molecule has 1 aliphatic rings. The van der Waals surface area contributed by atoms with Crippen LogP contribution in [0.5, 0.6) is 0 Å². The van der Waals surface area contributed by atoms with Crippen molar-refractivity contribution in [1.82, 2.24) is 4.90 Å². The van der Waals surface area contributed by atoms with E-state index < -0.39 is 0 Å². The maximum Gasteiger partial charge on any atom is 0.222 e. The van der Waals surface area contributed by atoms with E-state index in [2.05, 4.69) is 48.1 Å². The second-order valence-electron chi connectivity index (χ2n) is 6.44. The number of carbonyl (C=O) groups is 1. The summed E-state index contributed by atoms with van der Waals surface area (Å²) in [6.45, 7) is 8.53. The minimum atomic E-state index is 0.308. The SMILES string of the molecule is CC(C)(C)C1CCC(=O)N(Cc2cc(Br)cs2)CC1. The number of hydrogen-bond acceptors (Lipinski definition) is 2. The zero-order chi connectivity index (χ0) is 14.0. The fourth-order valence-corrected chi connectivity index (χ4v) is 4.16. The van der Waals surface area contributed by atoms with Gasteiger partial charge in [0.2, 0.25) is 5.91 Å². The van der Waals surface area contributed by atoms with Crippen LogP contribution in [0.1, 0.15) is 44.9 Å². The minimum Gasteiger partial charge on any atom is -0.338 e. The molecule has 2 nitrogen and oxygen atoms in total. The highest BCUT2D eigenvalue weighted by molar-refractivity contribution is 9.10. The number of nitrogens with zero attached hydrogens (tertiary/aromatic N) is 1. The van der Waals surface area contributed by atoms with E-state index in [0.717, 1.165) is 30.4 Å². The highest BCUT2D eigenvalue weighted by Crippen LogP contribution is 2.35. The van der Waals surface area contributed by atoms with Crippen molar-refractivity contribution in [2.24, 2.45) is 11.3 Å². The molecule has 1 aliphatic heterocycles. The van der Waals surface area contributed by atoms with E-state index in [1.807, 2.05) is 4.90 Å². The molecule has 1 unspecified atom stereocenters. The highest BCUT2D eigenvalue weighted by Gasteiger charge is 2.29. The second-order valence-corrected chi connectivity index (χ2v) is 8.35. The molecule has 1 aromatic rings. The molecule has 0 spiro atoms. The van der Waals surface area contributed by atoms with Crippen molar-refractivity contribution in [2.45, 2.75) is 46.6 Å². The van der Waals surface area contributed by atoms with Gasteiger partial charge in [-0.1, -0.05) is 20.8 Å². The molecule has 106 valence electrons.